The largest absolute Gasteiger partial charge is 0.339 e. The molecule has 0 unspecified atom stereocenters. The highest BCUT2D eigenvalue weighted by Crippen LogP contribution is 2.24. The van der Waals surface area contributed by atoms with Crippen LogP contribution < -0.4 is 4.31 Å². The molecule has 0 aliphatic heterocycles. The number of anilines is 1. The van der Waals surface area contributed by atoms with Gasteiger partial charge in [-0.3, -0.25) is 9.10 Å². The first-order valence-electron chi connectivity index (χ1n) is 8.28. The van der Waals surface area contributed by atoms with Gasteiger partial charge in [0.1, 0.15) is 0 Å². The first-order valence-corrected chi connectivity index (χ1v) is 9.68. The molecule has 2 rings (SSSR count). The summed E-state index contributed by atoms with van der Waals surface area (Å²) in [6, 6.07) is 7.03. The minimum Gasteiger partial charge on any atom is -0.339 e. The van der Waals surface area contributed by atoms with Crippen molar-refractivity contribution in [1.82, 2.24) is 9.21 Å². The van der Waals surface area contributed by atoms with Crippen LogP contribution in [0, 0.1) is 0 Å². The number of carbonyl (C=O) groups excluding carboxylic acids is 1. The van der Waals surface area contributed by atoms with Crippen molar-refractivity contribution in [3.8, 4) is 0 Å². The molecule has 24 heavy (non-hydrogen) atoms. The first kappa shape index (κ1) is 18.7. The van der Waals surface area contributed by atoms with E-state index in [-0.39, 0.29) is 5.91 Å². The summed E-state index contributed by atoms with van der Waals surface area (Å²) in [7, 11) is 2.81. The molecule has 1 fully saturated rings. The van der Waals surface area contributed by atoms with Crippen molar-refractivity contribution in [2.75, 3.05) is 32.5 Å². The van der Waals surface area contributed by atoms with Crippen LogP contribution in [0.5, 0.6) is 0 Å². The fraction of sp³-hybridized carbons (Fsp3) is 0.588. The molecule has 0 heterocycles. The van der Waals surface area contributed by atoms with Crippen molar-refractivity contribution in [1.29, 1.82) is 0 Å². The lowest BCUT2D eigenvalue weighted by molar-refractivity contribution is 0.0696. The summed E-state index contributed by atoms with van der Waals surface area (Å²) in [5, 5.41) is 0. The van der Waals surface area contributed by atoms with Crippen molar-refractivity contribution < 1.29 is 13.2 Å². The van der Waals surface area contributed by atoms with E-state index in [4.69, 9.17) is 0 Å². The Bertz CT molecular complexity index is 665. The topological polar surface area (TPSA) is 60.9 Å². The summed E-state index contributed by atoms with van der Waals surface area (Å²) >= 11 is 0. The fourth-order valence-corrected chi connectivity index (χ4v) is 3.91. The van der Waals surface area contributed by atoms with E-state index in [0.29, 0.717) is 17.3 Å². The molecular weight excluding hydrogens is 326 g/mol. The lowest BCUT2D eigenvalue weighted by Crippen LogP contribution is -2.38. The molecule has 1 saturated carbocycles. The molecule has 1 aromatic carbocycles. The summed E-state index contributed by atoms with van der Waals surface area (Å²) in [4.78, 5) is 14.4. The van der Waals surface area contributed by atoms with E-state index in [1.807, 2.05) is 11.9 Å². The molecule has 0 N–H and O–H groups in total. The maximum atomic E-state index is 12.6. The summed E-state index contributed by atoms with van der Waals surface area (Å²) in [6.45, 7) is 0. The molecule has 0 atom stereocenters. The lowest BCUT2D eigenvalue weighted by Gasteiger charge is -2.31. The van der Waals surface area contributed by atoms with Gasteiger partial charge in [-0.25, -0.2) is 0 Å². The number of nitrogens with zero attached hydrogens (tertiary/aromatic N) is 3. The van der Waals surface area contributed by atoms with Gasteiger partial charge in [-0.15, -0.1) is 0 Å². The Hall–Kier alpha value is -1.60. The van der Waals surface area contributed by atoms with E-state index in [1.54, 1.807) is 24.3 Å². The van der Waals surface area contributed by atoms with E-state index in [1.165, 1.54) is 44.7 Å². The van der Waals surface area contributed by atoms with Crippen LogP contribution in [-0.4, -0.2) is 57.8 Å². The standard InChI is InChI=1S/C17H27N3O3S/c1-18(2)24(22,23)20(4)16-12-10-14(11-13-16)17(21)19(3)15-8-6-5-7-9-15/h10-13,15H,5-9H2,1-4H3. The molecule has 134 valence electrons. The van der Waals surface area contributed by atoms with Crippen LogP contribution in [0.1, 0.15) is 42.5 Å². The average Bonchev–Trinajstić information content (AvgIpc) is 2.60. The molecule has 1 amide bonds. The quantitative estimate of drug-likeness (QED) is 0.816. The first-order chi connectivity index (χ1) is 11.2. The number of benzene rings is 1. The normalized spacial score (nSPS) is 16.2. The number of carbonyl (C=O) groups is 1. The van der Waals surface area contributed by atoms with Gasteiger partial charge in [0.05, 0.1) is 5.69 Å². The lowest BCUT2D eigenvalue weighted by atomic mass is 9.94. The van der Waals surface area contributed by atoms with Crippen LogP contribution >= 0.6 is 0 Å². The minimum absolute atomic E-state index is 0.00781. The van der Waals surface area contributed by atoms with Gasteiger partial charge < -0.3 is 4.90 Å². The molecule has 0 aromatic heterocycles. The Morgan fingerprint density at radius 2 is 1.50 bits per heavy atom. The SMILES string of the molecule is CN(C(=O)c1ccc(N(C)S(=O)(=O)N(C)C)cc1)C1CCCCC1. The van der Waals surface area contributed by atoms with Crippen LogP contribution in [0.3, 0.4) is 0 Å². The van der Waals surface area contributed by atoms with E-state index in [9.17, 15) is 13.2 Å². The van der Waals surface area contributed by atoms with Gasteiger partial charge in [0.25, 0.3) is 5.91 Å². The maximum Gasteiger partial charge on any atom is 0.303 e. The minimum atomic E-state index is -3.53. The van der Waals surface area contributed by atoms with Crippen molar-refractivity contribution >= 4 is 21.8 Å². The van der Waals surface area contributed by atoms with Crippen LogP contribution in [-0.2, 0) is 10.2 Å². The zero-order chi connectivity index (χ0) is 17.9. The van der Waals surface area contributed by atoms with Gasteiger partial charge in [-0.1, -0.05) is 19.3 Å². The second-order valence-electron chi connectivity index (χ2n) is 6.51. The summed E-state index contributed by atoms with van der Waals surface area (Å²) in [6.07, 6.45) is 5.72. The zero-order valence-electron chi connectivity index (χ0n) is 14.9. The van der Waals surface area contributed by atoms with Gasteiger partial charge in [0, 0.05) is 39.8 Å². The second kappa shape index (κ2) is 7.53. The Morgan fingerprint density at radius 3 is 2.00 bits per heavy atom. The Kier molecular flexibility index (Phi) is 5.87. The summed E-state index contributed by atoms with van der Waals surface area (Å²) < 4.78 is 26.6. The molecule has 0 saturated heterocycles. The molecule has 0 spiro atoms. The molecule has 1 aliphatic rings. The van der Waals surface area contributed by atoms with E-state index in [2.05, 4.69) is 0 Å². The highest BCUT2D eigenvalue weighted by Gasteiger charge is 2.24. The molecular formula is C17H27N3O3S. The highest BCUT2D eigenvalue weighted by molar-refractivity contribution is 7.90. The molecule has 1 aliphatic carbocycles. The molecule has 0 radical (unpaired) electrons. The monoisotopic (exact) mass is 353 g/mol. The van der Waals surface area contributed by atoms with Crippen molar-refractivity contribution in [3.05, 3.63) is 29.8 Å². The van der Waals surface area contributed by atoms with E-state index >= 15 is 0 Å². The van der Waals surface area contributed by atoms with Crippen molar-refractivity contribution in [2.45, 2.75) is 38.1 Å². The number of hydrogen-bond donors (Lipinski definition) is 0. The Labute approximate surface area is 145 Å². The number of rotatable bonds is 5. The smallest absolute Gasteiger partial charge is 0.303 e. The van der Waals surface area contributed by atoms with Crippen LogP contribution in [0.25, 0.3) is 0 Å². The molecule has 7 heteroatoms. The van der Waals surface area contributed by atoms with Crippen molar-refractivity contribution in [2.24, 2.45) is 0 Å². The van der Waals surface area contributed by atoms with Gasteiger partial charge in [-0.05, 0) is 37.1 Å². The second-order valence-corrected chi connectivity index (χ2v) is 8.69. The van der Waals surface area contributed by atoms with E-state index < -0.39 is 10.2 Å². The summed E-state index contributed by atoms with van der Waals surface area (Å²) in [5.41, 5.74) is 1.11. The van der Waals surface area contributed by atoms with Gasteiger partial charge in [-0.2, -0.15) is 12.7 Å². The number of amides is 1. The van der Waals surface area contributed by atoms with Crippen molar-refractivity contribution in [3.63, 3.8) is 0 Å². The third-order valence-corrected chi connectivity index (χ3v) is 6.55. The number of hydrogen-bond acceptors (Lipinski definition) is 3. The van der Waals surface area contributed by atoms with Crippen LogP contribution in [0.4, 0.5) is 5.69 Å². The average molecular weight is 353 g/mol. The van der Waals surface area contributed by atoms with Gasteiger partial charge in [0.2, 0.25) is 0 Å². The summed E-state index contributed by atoms with van der Waals surface area (Å²) in [5.74, 6) is -0.00781. The third-order valence-electron chi connectivity index (χ3n) is 4.73. The van der Waals surface area contributed by atoms with Crippen LogP contribution in [0.2, 0.25) is 0 Å². The predicted molar refractivity (Wildman–Crippen MR) is 96.4 cm³/mol. The Balaban J connectivity index is 2.12. The third kappa shape index (κ3) is 3.89. The van der Waals surface area contributed by atoms with E-state index in [0.717, 1.165) is 17.1 Å². The van der Waals surface area contributed by atoms with Gasteiger partial charge in [0.15, 0.2) is 0 Å². The maximum absolute atomic E-state index is 12.6. The van der Waals surface area contributed by atoms with Crippen LogP contribution in [0.15, 0.2) is 24.3 Å². The zero-order valence-corrected chi connectivity index (χ0v) is 15.7. The highest BCUT2D eigenvalue weighted by atomic mass is 32.2. The molecule has 1 aromatic rings. The molecule has 6 nitrogen and oxygen atoms in total. The predicted octanol–water partition coefficient (Wildman–Crippen LogP) is 2.33. The fourth-order valence-electron chi connectivity index (χ4n) is 3.03. The molecule has 0 bridgehead atoms. The Morgan fingerprint density at radius 1 is 0.958 bits per heavy atom. The van der Waals surface area contributed by atoms with Gasteiger partial charge >= 0.3 is 10.2 Å².